The van der Waals surface area contributed by atoms with Gasteiger partial charge in [-0.3, -0.25) is 9.59 Å². The molecular weight excluding hydrogens is 556 g/mol. The van der Waals surface area contributed by atoms with E-state index in [1.165, 1.54) is 0 Å². The van der Waals surface area contributed by atoms with Crippen LogP contribution < -0.4 is 19.7 Å². The van der Waals surface area contributed by atoms with Crippen LogP contribution >= 0.6 is 0 Å². The van der Waals surface area contributed by atoms with Gasteiger partial charge in [0.05, 0.1) is 13.7 Å². The minimum atomic E-state index is -1.02. The minimum Gasteiger partial charge on any atom is -0.497 e. The SMILES string of the molecule is CCCC(=O)N(CCCOc1ccc(CC(Nc2ccccc2C(=O)c2ccccc2)C(=O)O)cc1)c1cccc(OC)c1. The van der Waals surface area contributed by atoms with Gasteiger partial charge in [0.2, 0.25) is 5.91 Å². The molecule has 4 rings (SSSR count). The summed E-state index contributed by atoms with van der Waals surface area (Å²) in [5, 5.41) is 13.0. The van der Waals surface area contributed by atoms with Crippen molar-refractivity contribution < 1.29 is 29.0 Å². The van der Waals surface area contributed by atoms with Crippen molar-refractivity contribution in [2.24, 2.45) is 0 Å². The summed E-state index contributed by atoms with van der Waals surface area (Å²) in [6.07, 6.45) is 2.05. The number of anilines is 2. The molecule has 0 spiro atoms. The van der Waals surface area contributed by atoms with E-state index in [1.807, 2.05) is 61.5 Å². The summed E-state index contributed by atoms with van der Waals surface area (Å²) >= 11 is 0. The van der Waals surface area contributed by atoms with Gasteiger partial charge in [0, 0.05) is 48.0 Å². The Morgan fingerprint density at radius 3 is 2.30 bits per heavy atom. The first kappa shape index (κ1) is 31.8. The van der Waals surface area contributed by atoms with Crippen LogP contribution in [0.25, 0.3) is 0 Å². The van der Waals surface area contributed by atoms with Crippen molar-refractivity contribution in [2.45, 2.75) is 38.6 Å². The van der Waals surface area contributed by atoms with Crippen molar-refractivity contribution in [3.8, 4) is 11.5 Å². The third-order valence-electron chi connectivity index (χ3n) is 7.12. The number of carboxylic acid groups (broad SMARTS) is 1. The van der Waals surface area contributed by atoms with Crippen LogP contribution in [0.4, 0.5) is 11.4 Å². The summed E-state index contributed by atoms with van der Waals surface area (Å²) in [6, 6.07) is 29.6. The zero-order valence-electron chi connectivity index (χ0n) is 25.1. The molecule has 0 aromatic heterocycles. The van der Waals surface area contributed by atoms with E-state index in [4.69, 9.17) is 9.47 Å². The van der Waals surface area contributed by atoms with Crippen LogP contribution in [0.1, 0.15) is 47.7 Å². The molecular formula is C36H38N2O6. The first-order chi connectivity index (χ1) is 21.4. The number of nitrogens with one attached hydrogen (secondary N) is 1. The van der Waals surface area contributed by atoms with Gasteiger partial charge in [0.1, 0.15) is 17.5 Å². The fourth-order valence-electron chi connectivity index (χ4n) is 4.83. The Hall–Kier alpha value is -5.11. The van der Waals surface area contributed by atoms with Crippen LogP contribution in [-0.4, -0.2) is 49.1 Å². The molecule has 8 nitrogen and oxygen atoms in total. The molecule has 2 N–H and O–H groups in total. The second-order valence-electron chi connectivity index (χ2n) is 10.3. The van der Waals surface area contributed by atoms with Crippen molar-refractivity contribution in [1.82, 2.24) is 0 Å². The van der Waals surface area contributed by atoms with Crippen molar-refractivity contribution >= 4 is 29.0 Å². The molecule has 4 aromatic rings. The molecule has 0 aliphatic heterocycles. The van der Waals surface area contributed by atoms with Crippen LogP contribution in [0.15, 0.2) is 103 Å². The first-order valence-corrected chi connectivity index (χ1v) is 14.7. The fourth-order valence-corrected chi connectivity index (χ4v) is 4.83. The van der Waals surface area contributed by atoms with Gasteiger partial charge in [-0.1, -0.05) is 67.6 Å². The van der Waals surface area contributed by atoms with Gasteiger partial charge in [-0.05, 0) is 54.8 Å². The lowest BCUT2D eigenvalue weighted by atomic mass is 10.00. The number of benzene rings is 4. The Bertz CT molecular complexity index is 1540. The van der Waals surface area contributed by atoms with E-state index >= 15 is 0 Å². The van der Waals surface area contributed by atoms with E-state index in [9.17, 15) is 19.5 Å². The van der Waals surface area contributed by atoms with Crippen molar-refractivity contribution in [1.29, 1.82) is 0 Å². The highest BCUT2D eigenvalue weighted by Gasteiger charge is 2.21. The van der Waals surface area contributed by atoms with E-state index in [0.29, 0.717) is 54.3 Å². The number of methoxy groups -OCH3 is 1. The number of aliphatic carboxylic acids is 1. The molecule has 0 heterocycles. The lowest BCUT2D eigenvalue weighted by Crippen LogP contribution is -2.32. The Labute approximate surface area is 258 Å². The van der Waals surface area contributed by atoms with Crippen LogP contribution in [0.2, 0.25) is 0 Å². The highest BCUT2D eigenvalue weighted by atomic mass is 16.5. The molecule has 0 radical (unpaired) electrons. The van der Waals surface area contributed by atoms with E-state index < -0.39 is 12.0 Å². The molecule has 1 unspecified atom stereocenters. The lowest BCUT2D eigenvalue weighted by Gasteiger charge is -2.23. The maximum absolute atomic E-state index is 13.1. The summed E-state index contributed by atoms with van der Waals surface area (Å²) in [5.74, 6) is 0.198. The Morgan fingerprint density at radius 1 is 0.864 bits per heavy atom. The molecule has 0 aliphatic carbocycles. The highest BCUT2D eigenvalue weighted by Crippen LogP contribution is 2.24. The Morgan fingerprint density at radius 2 is 1.59 bits per heavy atom. The number of amides is 1. The second-order valence-corrected chi connectivity index (χ2v) is 10.3. The van der Waals surface area contributed by atoms with E-state index in [1.54, 1.807) is 60.5 Å². The Kier molecular flexibility index (Phi) is 11.5. The predicted molar refractivity (Wildman–Crippen MR) is 172 cm³/mol. The van der Waals surface area contributed by atoms with E-state index in [0.717, 1.165) is 17.7 Å². The Balaban J connectivity index is 1.34. The minimum absolute atomic E-state index is 0.0544. The molecule has 4 aromatic carbocycles. The molecule has 8 heteroatoms. The smallest absolute Gasteiger partial charge is 0.326 e. The van der Waals surface area contributed by atoms with Crippen LogP contribution in [0.5, 0.6) is 11.5 Å². The molecule has 0 saturated heterocycles. The second kappa shape index (κ2) is 15.9. The molecule has 0 fully saturated rings. The molecule has 1 atom stereocenters. The van der Waals surface area contributed by atoms with Crippen LogP contribution in [-0.2, 0) is 16.0 Å². The van der Waals surface area contributed by atoms with Gasteiger partial charge < -0.3 is 24.8 Å². The monoisotopic (exact) mass is 594 g/mol. The summed E-state index contributed by atoms with van der Waals surface area (Å²) < 4.78 is 11.3. The number of hydrogen-bond donors (Lipinski definition) is 2. The molecule has 228 valence electrons. The lowest BCUT2D eigenvalue weighted by molar-refractivity contribution is -0.137. The van der Waals surface area contributed by atoms with E-state index in [2.05, 4.69) is 5.32 Å². The molecule has 0 bridgehead atoms. The maximum Gasteiger partial charge on any atom is 0.326 e. The van der Waals surface area contributed by atoms with Gasteiger partial charge >= 0.3 is 5.97 Å². The summed E-state index contributed by atoms with van der Waals surface area (Å²) in [5.41, 5.74) is 3.01. The number of carbonyl (C=O) groups is 3. The molecule has 0 saturated carbocycles. The van der Waals surface area contributed by atoms with Gasteiger partial charge in [-0.15, -0.1) is 0 Å². The van der Waals surface area contributed by atoms with Crippen LogP contribution in [0.3, 0.4) is 0 Å². The number of para-hydroxylation sites is 1. The average Bonchev–Trinajstić information content (AvgIpc) is 3.05. The molecule has 44 heavy (non-hydrogen) atoms. The first-order valence-electron chi connectivity index (χ1n) is 14.7. The largest absolute Gasteiger partial charge is 0.497 e. The number of nitrogens with zero attached hydrogens (tertiary/aromatic N) is 1. The third-order valence-corrected chi connectivity index (χ3v) is 7.12. The topological polar surface area (TPSA) is 105 Å². The van der Waals surface area contributed by atoms with Crippen molar-refractivity contribution in [2.75, 3.05) is 30.5 Å². The normalized spacial score (nSPS) is 11.3. The molecule has 1 amide bonds. The third kappa shape index (κ3) is 8.70. The number of ether oxygens (including phenoxy) is 2. The number of rotatable bonds is 16. The predicted octanol–water partition coefficient (Wildman–Crippen LogP) is 6.64. The quantitative estimate of drug-likeness (QED) is 0.111. The summed E-state index contributed by atoms with van der Waals surface area (Å²) in [7, 11) is 1.60. The zero-order valence-corrected chi connectivity index (χ0v) is 25.1. The van der Waals surface area contributed by atoms with Gasteiger partial charge in [-0.25, -0.2) is 4.79 Å². The van der Waals surface area contributed by atoms with E-state index in [-0.39, 0.29) is 18.1 Å². The average molecular weight is 595 g/mol. The molecule has 0 aliphatic rings. The van der Waals surface area contributed by atoms with Gasteiger partial charge in [0.15, 0.2) is 5.78 Å². The highest BCUT2D eigenvalue weighted by molar-refractivity contribution is 6.12. The summed E-state index contributed by atoms with van der Waals surface area (Å²) in [6.45, 7) is 2.89. The number of hydrogen-bond acceptors (Lipinski definition) is 6. The van der Waals surface area contributed by atoms with Crippen molar-refractivity contribution in [3.05, 3.63) is 120 Å². The van der Waals surface area contributed by atoms with Crippen LogP contribution in [0, 0.1) is 0 Å². The van der Waals surface area contributed by atoms with Gasteiger partial charge in [0.25, 0.3) is 0 Å². The number of ketones is 1. The standard InChI is InChI=1S/C36H38N2O6/c1-3-11-34(39)38(28-14-9-15-30(25-28)43-2)22-10-23-44-29-20-18-26(19-21-29)24-33(36(41)42)37-32-17-8-7-16-31(32)35(40)27-12-5-4-6-13-27/h4-9,12-21,25,33,37H,3,10-11,22-24H2,1-2H3,(H,41,42). The number of carbonyl (C=O) groups excluding carboxylic acids is 2. The zero-order chi connectivity index (χ0) is 31.3. The summed E-state index contributed by atoms with van der Waals surface area (Å²) in [4.78, 5) is 39.8. The fraction of sp³-hybridized carbons (Fsp3) is 0.250. The number of carboxylic acids is 1. The van der Waals surface area contributed by atoms with Crippen molar-refractivity contribution in [3.63, 3.8) is 0 Å². The maximum atomic E-state index is 13.1. The van der Waals surface area contributed by atoms with Gasteiger partial charge in [-0.2, -0.15) is 0 Å².